The van der Waals surface area contributed by atoms with E-state index in [9.17, 15) is 0 Å². The van der Waals surface area contributed by atoms with Crippen molar-refractivity contribution in [2.45, 2.75) is 19.9 Å². The first-order chi connectivity index (χ1) is 9.81. The van der Waals surface area contributed by atoms with Crippen molar-refractivity contribution in [2.24, 2.45) is 0 Å². The minimum absolute atomic E-state index is 0.684. The van der Waals surface area contributed by atoms with E-state index in [4.69, 9.17) is 9.47 Å². The molecular formula is C16H26N2O2. The van der Waals surface area contributed by atoms with Crippen LogP contribution in [0.25, 0.3) is 0 Å². The molecule has 1 aliphatic heterocycles. The molecule has 1 heterocycles. The van der Waals surface area contributed by atoms with Crippen LogP contribution in [0.15, 0.2) is 18.2 Å². The number of nitrogens with one attached hydrogen (secondary N) is 1. The predicted octanol–water partition coefficient (Wildman–Crippen LogP) is 2.14. The molecular weight excluding hydrogens is 252 g/mol. The second kappa shape index (κ2) is 8.25. The molecule has 0 spiro atoms. The van der Waals surface area contributed by atoms with Crippen LogP contribution < -0.4 is 5.32 Å². The number of ether oxygens (including phenoxy) is 2. The normalized spacial score (nSPS) is 13.6. The molecule has 1 aromatic carbocycles. The smallest absolute Gasteiger partial charge is 0.0701 e. The van der Waals surface area contributed by atoms with Gasteiger partial charge in [-0.1, -0.05) is 18.2 Å². The first kappa shape index (κ1) is 15.3. The lowest BCUT2D eigenvalue weighted by Crippen LogP contribution is -2.23. The number of likely N-dealkylation sites (N-methyl/N-ethyl adjacent to an activating group) is 1. The van der Waals surface area contributed by atoms with Crippen molar-refractivity contribution >= 4 is 5.69 Å². The van der Waals surface area contributed by atoms with Gasteiger partial charge in [0, 0.05) is 31.9 Å². The Morgan fingerprint density at radius 1 is 1.20 bits per heavy atom. The zero-order valence-corrected chi connectivity index (χ0v) is 12.7. The van der Waals surface area contributed by atoms with Crippen molar-refractivity contribution < 1.29 is 9.47 Å². The molecule has 20 heavy (non-hydrogen) atoms. The summed E-state index contributed by atoms with van der Waals surface area (Å²) in [6.07, 6.45) is 1.15. The Morgan fingerprint density at radius 2 is 2.05 bits per heavy atom. The molecule has 0 bridgehead atoms. The fraction of sp³-hybridized carbons (Fsp3) is 0.625. The molecule has 0 saturated heterocycles. The first-order valence-corrected chi connectivity index (χ1v) is 7.50. The molecule has 0 amide bonds. The van der Waals surface area contributed by atoms with E-state index in [-0.39, 0.29) is 0 Å². The summed E-state index contributed by atoms with van der Waals surface area (Å²) in [6, 6.07) is 6.59. The second-order valence-corrected chi connectivity index (χ2v) is 5.18. The average molecular weight is 278 g/mol. The topological polar surface area (TPSA) is 33.7 Å². The van der Waals surface area contributed by atoms with Gasteiger partial charge in [-0.25, -0.2) is 0 Å². The standard InChI is InChI=1S/C16H26N2O2/c1-3-19-11-12-20-10-9-18(2)13-15-6-4-5-14-7-8-17-16(14)15/h4-6,17H,3,7-13H2,1-2H3. The van der Waals surface area contributed by atoms with Gasteiger partial charge in [0.25, 0.3) is 0 Å². The molecule has 1 aliphatic rings. The van der Waals surface area contributed by atoms with E-state index < -0.39 is 0 Å². The third kappa shape index (κ3) is 4.47. The van der Waals surface area contributed by atoms with Gasteiger partial charge >= 0.3 is 0 Å². The number of hydrogen-bond acceptors (Lipinski definition) is 4. The van der Waals surface area contributed by atoms with Crippen LogP contribution in [0.4, 0.5) is 5.69 Å². The number of rotatable bonds is 9. The van der Waals surface area contributed by atoms with E-state index in [0.29, 0.717) is 13.2 Å². The third-order valence-corrected chi connectivity index (χ3v) is 3.57. The lowest BCUT2D eigenvalue weighted by molar-refractivity contribution is 0.0447. The summed E-state index contributed by atoms with van der Waals surface area (Å²) in [6.45, 7) is 7.86. The maximum Gasteiger partial charge on any atom is 0.0701 e. The molecule has 0 saturated carbocycles. The number of para-hydroxylation sites is 1. The third-order valence-electron chi connectivity index (χ3n) is 3.57. The van der Waals surface area contributed by atoms with Gasteiger partial charge in [0.15, 0.2) is 0 Å². The summed E-state index contributed by atoms with van der Waals surface area (Å²) in [5.74, 6) is 0. The van der Waals surface area contributed by atoms with Crippen LogP contribution >= 0.6 is 0 Å². The van der Waals surface area contributed by atoms with Gasteiger partial charge in [0.2, 0.25) is 0 Å². The van der Waals surface area contributed by atoms with Gasteiger partial charge in [-0.05, 0) is 31.5 Å². The lowest BCUT2D eigenvalue weighted by Gasteiger charge is -2.18. The molecule has 112 valence electrons. The van der Waals surface area contributed by atoms with Crippen LogP contribution in [0, 0.1) is 0 Å². The average Bonchev–Trinajstić information content (AvgIpc) is 2.92. The summed E-state index contributed by atoms with van der Waals surface area (Å²) in [7, 11) is 2.14. The van der Waals surface area contributed by atoms with E-state index in [1.165, 1.54) is 16.8 Å². The number of benzene rings is 1. The summed E-state index contributed by atoms with van der Waals surface area (Å²) in [4.78, 5) is 2.30. The Labute approximate surface area is 122 Å². The van der Waals surface area contributed by atoms with Crippen molar-refractivity contribution in [1.82, 2.24) is 4.90 Å². The highest BCUT2D eigenvalue weighted by atomic mass is 16.5. The Bertz CT molecular complexity index is 409. The van der Waals surface area contributed by atoms with Gasteiger partial charge in [-0.3, -0.25) is 4.90 Å². The Balaban J connectivity index is 1.70. The van der Waals surface area contributed by atoms with E-state index in [1.807, 2.05) is 6.92 Å². The van der Waals surface area contributed by atoms with Crippen LogP contribution in [-0.4, -0.2) is 51.5 Å². The summed E-state index contributed by atoms with van der Waals surface area (Å²) in [5, 5.41) is 3.49. The highest BCUT2D eigenvalue weighted by molar-refractivity contribution is 5.61. The number of nitrogens with zero attached hydrogens (tertiary/aromatic N) is 1. The van der Waals surface area contributed by atoms with Gasteiger partial charge in [-0.2, -0.15) is 0 Å². The lowest BCUT2D eigenvalue weighted by atomic mass is 10.1. The summed E-state index contributed by atoms with van der Waals surface area (Å²) >= 11 is 0. The van der Waals surface area contributed by atoms with Crippen LogP contribution in [0.5, 0.6) is 0 Å². The van der Waals surface area contributed by atoms with Crippen LogP contribution in [-0.2, 0) is 22.4 Å². The van der Waals surface area contributed by atoms with E-state index >= 15 is 0 Å². The maximum atomic E-state index is 5.55. The largest absolute Gasteiger partial charge is 0.384 e. The second-order valence-electron chi connectivity index (χ2n) is 5.18. The predicted molar refractivity (Wildman–Crippen MR) is 82.3 cm³/mol. The molecule has 0 aliphatic carbocycles. The minimum atomic E-state index is 0.684. The maximum absolute atomic E-state index is 5.55. The summed E-state index contributed by atoms with van der Waals surface area (Å²) in [5.41, 5.74) is 4.18. The van der Waals surface area contributed by atoms with Crippen LogP contribution in [0.1, 0.15) is 18.1 Å². The van der Waals surface area contributed by atoms with Crippen molar-refractivity contribution in [3.63, 3.8) is 0 Å². The van der Waals surface area contributed by atoms with Crippen LogP contribution in [0.2, 0.25) is 0 Å². The number of anilines is 1. The summed E-state index contributed by atoms with van der Waals surface area (Å²) < 4.78 is 10.8. The van der Waals surface area contributed by atoms with Gasteiger partial charge in [0.1, 0.15) is 0 Å². The molecule has 0 unspecified atom stereocenters. The van der Waals surface area contributed by atoms with Crippen molar-refractivity contribution in [1.29, 1.82) is 0 Å². The molecule has 4 nitrogen and oxygen atoms in total. The monoisotopic (exact) mass is 278 g/mol. The molecule has 1 aromatic rings. The number of fused-ring (bicyclic) bond motifs is 1. The Morgan fingerprint density at radius 3 is 2.90 bits per heavy atom. The van der Waals surface area contributed by atoms with Gasteiger partial charge < -0.3 is 14.8 Å². The Kier molecular flexibility index (Phi) is 6.30. The van der Waals surface area contributed by atoms with Crippen molar-refractivity contribution in [3.05, 3.63) is 29.3 Å². The number of hydrogen-bond donors (Lipinski definition) is 1. The SMILES string of the molecule is CCOCCOCCN(C)Cc1cccc2c1NCC2. The fourth-order valence-electron chi connectivity index (χ4n) is 2.50. The zero-order valence-electron chi connectivity index (χ0n) is 12.7. The highest BCUT2D eigenvalue weighted by Gasteiger charge is 2.14. The molecule has 4 heteroatoms. The zero-order chi connectivity index (χ0) is 14.2. The quantitative estimate of drug-likeness (QED) is 0.702. The highest BCUT2D eigenvalue weighted by Crippen LogP contribution is 2.26. The van der Waals surface area contributed by atoms with E-state index in [2.05, 4.69) is 35.5 Å². The first-order valence-electron chi connectivity index (χ1n) is 7.50. The van der Waals surface area contributed by atoms with Crippen molar-refractivity contribution in [3.8, 4) is 0 Å². The minimum Gasteiger partial charge on any atom is -0.384 e. The van der Waals surface area contributed by atoms with Crippen LogP contribution in [0.3, 0.4) is 0 Å². The van der Waals surface area contributed by atoms with E-state index in [1.54, 1.807) is 0 Å². The fourth-order valence-corrected chi connectivity index (χ4v) is 2.50. The molecule has 1 N–H and O–H groups in total. The Hall–Kier alpha value is -1.10. The molecule has 0 aromatic heterocycles. The molecule has 0 radical (unpaired) electrons. The molecule has 0 atom stereocenters. The van der Waals surface area contributed by atoms with E-state index in [0.717, 1.165) is 39.3 Å². The van der Waals surface area contributed by atoms with Crippen molar-refractivity contribution in [2.75, 3.05) is 51.9 Å². The molecule has 0 fully saturated rings. The van der Waals surface area contributed by atoms with Gasteiger partial charge in [-0.15, -0.1) is 0 Å². The molecule has 2 rings (SSSR count). The van der Waals surface area contributed by atoms with Gasteiger partial charge in [0.05, 0.1) is 19.8 Å².